The standard InChI is InChI=1S/C12H11FN2O3/c13-7-3-8-11(18-5-10(16)14-8)9(4-7)15-12(17)6-1-2-6/h3-4,6H,1-2,5H2,(H,14,16)(H,15,17). The second-order valence-corrected chi connectivity index (χ2v) is 4.43. The number of halogens is 1. The molecule has 94 valence electrons. The minimum absolute atomic E-state index is 0.0158. The fourth-order valence-corrected chi connectivity index (χ4v) is 1.84. The maximum absolute atomic E-state index is 13.4. The van der Waals surface area contributed by atoms with Crippen molar-refractivity contribution in [2.45, 2.75) is 12.8 Å². The number of amides is 2. The molecular weight excluding hydrogens is 239 g/mol. The van der Waals surface area contributed by atoms with Crippen LogP contribution in [0.4, 0.5) is 15.8 Å². The number of carbonyl (C=O) groups excluding carboxylic acids is 2. The molecule has 0 bridgehead atoms. The second-order valence-electron chi connectivity index (χ2n) is 4.43. The van der Waals surface area contributed by atoms with E-state index >= 15 is 0 Å². The summed E-state index contributed by atoms with van der Waals surface area (Å²) in [7, 11) is 0. The monoisotopic (exact) mass is 250 g/mol. The average Bonchev–Trinajstić information content (AvgIpc) is 3.11. The number of hydrogen-bond donors (Lipinski definition) is 2. The Morgan fingerprint density at radius 3 is 2.94 bits per heavy atom. The van der Waals surface area contributed by atoms with E-state index < -0.39 is 5.82 Å². The summed E-state index contributed by atoms with van der Waals surface area (Å²) < 4.78 is 18.6. The third-order valence-electron chi connectivity index (χ3n) is 2.88. The fraction of sp³-hybridized carbons (Fsp3) is 0.333. The zero-order valence-electron chi connectivity index (χ0n) is 9.46. The van der Waals surface area contributed by atoms with Gasteiger partial charge in [0, 0.05) is 18.1 Å². The zero-order chi connectivity index (χ0) is 12.7. The van der Waals surface area contributed by atoms with Crippen molar-refractivity contribution in [2.75, 3.05) is 17.2 Å². The summed E-state index contributed by atoms with van der Waals surface area (Å²) in [5.41, 5.74) is 0.513. The highest BCUT2D eigenvalue weighted by molar-refractivity contribution is 6.00. The van der Waals surface area contributed by atoms with Crippen LogP contribution in [0.15, 0.2) is 12.1 Å². The van der Waals surface area contributed by atoms with E-state index in [1.54, 1.807) is 0 Å². The van der Waals surface area contributed by atoms with E-state index in [1.807, 2.05) is 0 Å². The highest BCUT2D eigenvalue weighted by atomic mass is 19.1. The van der Waals surface area contributed by atoms with Gasteiger partial charge in [0.15, 0.2) is 12.4 Å². The molecule has 1 aromatic rings. The lowest BCUT2D eigenvalue weighted by molar-refractivity contribution is -0.118. The van der Waals surface area contributed by atoms with Crippen LogP contribution in [0.5, 0.6) is 5.75 Å². The summed E-state index contributed by atoms with van der Waals surface area (Å²) in [6.07, 6.45) is 1.72. The summed E-state index contributed by atoms with van der Waals surface area (Å²) in [6, 6.07) is 2.36. The highest BCUT2D eigenvalue weighted by Crippen LogP contribution is 2.38. The maximum atomic E-state index is 13.4. The topological polar surface area (TPSA) is 67.4 Å². The molecule has 5 nitrogen and oxygen atoms in total. The Morgan fingerprint density at radius 2 is 2.22 bits per heavy atom. The van der Waals surface area contributed by atoms with Crippen LogP contribution in [0.1, 0.15) is 12.8 Å². The van der Waals surface area contributed by atoms with E-state index in [-0.39, 0.29) is 35.7 Å². The second kappa shape index (κ2) is 3.97. The third-order valence-corrected chi connectivity index (χ3v) is 2.88. The van der Waals surface area contributed by atoms with Crippen molar-refractivity contribution in [3.05, 3.63) is 17.9 Å². The molecule has 6 heteroatoms. The molecule has 1 aliphatic carbocycles. The van der Waals surface area contributed by atoms with Crippen LogP contribution in [0, 0.1) is 11.7 Å². The van der Waals surface area contributed by atoms with Crippen LogP contribution in [-0.4, -0.2) is 18.4 Å². The lowest BCUT2D eigenvalue weighted by atomic mass is 10.2. The van der Waals surface area contributed by atoms with Crippen molar-refractivity contribution < 1.29 is 18.7 Å². The van der Waals surface area contributed by atoms with Crippen molar-refractivity contribution in [1.82, 2.24) is 0 Å². The summed E-state index contributed by atoms with van der Waals surface area (Å²) in [4.78, 5) is 22.8. The van der Waals surface area contributed by atoms with E-state index in [9.17, 15) is 14.0 Å². The predicted octanol–water partition coefficient (Wildman–Crippen LogP) is 1.51. The first-order chi connectivity index (χ1) is 8.63. The molecule has 1 aromatic carbocycles. The van der Waals surface area contributed by atoms with Crippen LogP contribution in [0.2, 0.25) is 0 Å². The number of benzene rings is 1. The van der Waals surface area contributed by atoms with Gasteiger partial charge in [-0.3, -0.25) is 9.59 Å². The molecule has 2 N–H and O–H groups in total. The smallest absolute Gasteiger partial charge is 0.262 e. The van der Waals surface area contributed by atoms with Gasteiger partial charge < -0.3 is 15.4 Å². The Labute approximate surface area is 102 Å². The van der Waals surface area contributed by atoms with Crippen LogP contribution in [0.3, 0.4) is 0 Å². The van der Waals surface area contributed by atoms with Gasteiger partial charge in [-0.2, -0.15) is 0 Å². The van der Waals surface area contributed by atoms with Crippen molar-refractivity contribution in [1.29, 1.82) is 0 Å². The Hall–Kier alpha value is -2.11. The lowest BCUT2D eigenvalue weighted by Gasteiger charge is -2.21. The number of fused-ring (bicyclic) bond motifs is 1. The molecule has 0 radical (unpaired) electrons. The van der Waals surface area contributed by atoms with E-state index in [4.69, 9.17) is 4.74 Å². The zero-order valence-corrected chi connectivity index (χ0v) is 9.46. The number of rotatable bonds is 2. The molecule has 0 unspecified atom stereocenters. The minimum atomic E-state index is -0.536. The number of carbonyl (C=O) groups is 2. The van der Waals surface area contributed by atoms with E-state index in [0.717, 1.165) is 12.8 Å². The Morgan fingerprint density at radius 1 is 1.44 bits per heavy atom. The van der Waals surface area contributed by atoms with Gasteiger partial charge in [0.05, 0.1) is 11.4 Å². The van der Waals surface area contributed by atoms with Gasteiger partial charge in [0.2, 0.25) is 5.91 Å². The third kappa shape index (κ3) is 2.01. The average molecular weight is 250 g/mol. The highest BCUT2D eigenvalue weighted by Gasteiger charge is 2.31. The molecular formula is C12H11FN2O3. The first-order valence-corrected chi connectivity index (χ1v) is 5.70. The molecule has 2 amide bonds. The lowest BCUT2D eigenvalue weighted by Crippen LogP contribution is -2.26. The van der Waals surface area contributed by atoms with Gasteiger partial charge in [-0.1, -0.05) is 0 Å². The predicted molar refractivity (Wildman–Crippen MR) is 61.9 cm³/mol. The number of ether oxygens (including phenoxy) is 1. The van der Waals surface area contributed by atoms with Crippen LogP contribution in [0.25, 0.3) is 0 Å². The first kappa shape index (κ1) is 11.0. The molecule has 1 heterocycles. The van der Waals surface area contributed by atoms with Crippen molar-refractivity contribution in [3.8, 4) is 5.75 Å². The quantitative estimate of drug-likeness (QED) is 0.836. The van der Waals surface area contributed by atoms with Crippen molar-refractivity contribution >= 4 is 23.2 Å². The summed E-state index contributed by atoms with van der Waals surface area (Å²) in [5.74, 6) is -0.686. The molecule has 2 aliphatic rings. The molecule has 1 aliphatic heterocycles. The van der Waals surface area contributed by atoms with Gasteiger partial charge in [0.1, 0.15) is 5.82 Å². The molecule has 1 fully saturated rings. The molecule has 0 spiro atoms. The van der Waals surface area contributed by atoms with Gasteiger partial charge in [0.25, 0.3) is 5.91 Å². The SMILES string of the molecule is O=C1COc2c(cc(F)cc2NC(=O)C2CC2)N1. The summed E-state index contributed by atoms with van der Waals surface area (Å²) >= 11 is 0. The summed E-state index contributed by atoms with van der Waals surface area (Å²) in [5, 5.41) is 5.14. The Bertz CT molecular complexity index is 540. The molecule has 0 aromatic heterocycles. The van der Waals surface area contributed by atoms with Crippen LogP contribution < -0.4 is 15.4 Å². The van der Waals surface area contributed by atoms with Crippen molar-refractivity contribution in [3.63, 3.8) is 0 Å². The number of anilines is 2. The van der Waals surface area contributed by atoms with Crippen LogP contribution in [-0.2, 0) is 9.59 Å². The number of hydrogen-bond acceptors (Lipinski definition) is 3. The molecule has 18 heavy (non-hydrogen) atoms. The van der Waals surface area contributed by atoms with Gasteiger partial charge in [-0.25, -0.2) is 4.39 Å². The first-order valence-electron chi connectivity index (χ1n) is 5.70. The van der Waals surface area contributed by atoms with Crippen LogP contribution >= 0.6 is 0 Å². The fourth-order valence-electron chi connectivity index (χ4n) is 1.84. The normalized spacial score (nSPS) is 17.5. The van der Waals surface area contributed by atoms with Gasteiger partial charge >= 0.3 is 0 Å². The molecule has 1 saturated carbocycles. The molecule has 0 saturated heterocycles. The summed E-state index contributed by atoms with van der Waals surface area (Å²) in [6.45, 7) is -0.134. The van der Waals surface area contributed by atoms with Crippen molar-refractivity contribution in [2.24, 2.45) is 5.92 Å². The Balaban J connectivity index is 1.92. The van der Waals surface area contributed by atoms with Gasteiger partial charge in [-0.05, 0) is 12.8 Å². The largest absolute Gasteiger partial charge is 0.479 e. The minimum Gasteiger partial charge on any atom is -0.479 e. The van der Waals surface area contributed by atoms with E-state index in [0.29, 0.717) is 5.75 Å². The Kier molecular flexibility index (Phi) is 2.43. The van der Waals surface area contributed by atoms with E-state index in [1.165, 1.54) is 12.1 Å². The number of nitrogens with one attached hydrogen (secondary N) is 2. The molecule has 3 rings (SSSR count). The van der Waals surface area contributed by atoms with E-state index in [2.05, 4.69) is 10.6 Å². The van der Waals surface area contributed by atoms with Gasteiger partial charge in [-0.15, -0.1) is 0 Å². The maximum Gasteiger partial charge on any atom is 0.262 e. The molecule has 0 atom stereocenters.